The summed E-state index contributed by atoms with van der Waals surface area (Å²) in [6.45, 7) is 1.55. The van der Waals surface area contributed by atoms with Crippen LogP contribution in [0.4, 0.5) is 0 Å². The highest BCUT2D eigenvalue weighted by Gasteiger charge is 2.25. The van der Waals surface area contributed by atoms with E-state index in [2.05, 4.69) is 0 Å². The van der Waals surface area contributed by atoms with Crippen molar-refractivity contribution >= 4 is 18.5 Å². The summed E-state index contributed by atoms with van der Waals surface area (Å²) in [5.74, 6) is 0.248. The largest absolute Gasteiger partial charge is 0.507 e. The molecule has 0 aromatic heterocycles. The summed E-state index contributed by atoms with van der Waals surface area (Å²) in [5.41, 5.74) is 1.10. The van der Waals surface area contributed by atoms with Crippen molar-refractivity contribution in [3.63, 3.8) is 0 Å². The first-order valence-electron chi connectivity index (χ1n) is 8.87. The lowest BCUT2D eigenvalue weighted by Gasteiger charge is -2.33. The number of aldehydes is 2. The van der Waals surface area contributed by atoms with Crippen molar-refractivity contribution in [2.75, 3.05) is 19.7 Å². The number of rotatable bonds is 6. The average molecular weight is 367 g/mol. The first-order chi connectivity index (χ1) is 13.1. The summed E-state index contributed by atoms with van der Waals surface area (Å²) in [4.78, 5) is 36.5. The van der Waals surface area contributed by atoms with Crippen molar-refractivity contribution in [1.29, 1.82) is 0 Å². The van der Waals surface area contributed by atoms with Gasteiger partial charge in [0.1, 0.15) is 17.8 Å². The molecule has 140 valence electrons. The van der Waals surface area contributed by atoms with Gasteiger partial charge in [0, 0.05) is 30.1 Å². The Labute approximate surface area is 157 Å². The third-order valence-electron chi connectivity index (χ3n) is 4.71. The lowest BCUT2D eigenvalue weighted by Crippen LogP contribution is -2.41. The first-order valence-corrected chi connectivity index (χ1v) is 8.87. The van der Waals surface area contributed by atoms with Crippen LogP contribution in [0.15, 0.2) is 42.5 Å². The fourth-order valence-corrected chi connectivity index (χ4v) is 3.30. The van der Waals surface area contributed by atoms with Crippen LogP contribution in [0.2, 0.25) is 0 Å². The molecule has 6 heteroatoms. The van der Waals surface area contributed by atoms with Gasteiger partial charge >= 0.3 is 0 Å². The number of piperidine rings is 1. The number of aromatic hydroxyl groups is 1. The van der Waals surface area contributed by atoms with Gasteiger partial charge < -0.3 is 14.7 Å². The summed E-state index contributed by atoms with van der Waals surface area (Å²) >= 11 is 0. The minimum absolute atomic E-state index is 0.102. The number of phenols is 1. The number of likely N-dealkylation sites (tertiary alicyclic amines) is 1. The molecule has 0 saturated carbocycles. The molecule has 1 fully saturated rings. The molecule has 1 unspecified atom stereocenters. The molecule has 0 aliphatic carbocycles. The fraction of sp³-hybridized carbons (Fsp3) is 0.286. The topological polar surface area (TPSA) is 83.9 Å². The van der Waals surface area contributed by atoms with Crippen molar-refractivity contribution in [2.45, 2.75) is 12.8 Å². The Hall–Kier alpha value is -3.15. The number of phenolic OH excluding ortho intramolecular Hbond substituents is 1. The highest BCUT2D eigenvalue weighted by molar-refractivity contribution is 5.95. The number of amides is 1. The second-order valence-corrected chi connectivity index (χ2v) is 6.62. The SMILES string of the molecule is O=Cc1cccc(C(=O)N2CCCC(COc3cccc(O)c3C=O)C2)c1. The molecule has 1 saturated heterocycles. The molecule has 1 atom stereocenters. The minimum atomic E-state index is -0.113. The van der Waals surface area contributed by atoms with Crippen LogP contribution in [-0.2, 0) is 0 Å². The summed E-state index contributed by atoms with van der Waals surface area (Å²) in [6.07, 6.45) is 3.06. The second kappa shape index (κ2) is 8.49. The van der Waals surface area contributed by atoms with Crippen LogP contribution >= 0.6 is 0 Å². The van der Waals surface area contributed by atoms with Crippen molar-refractivity contribution in [3.8, 4) is 11.5 Å². The standard InChI is InChI=1S/C21H21NO5/c23-12-15-4-1-6-17(10-15)21(26)22-9-3-5-16(11-22)14-27-20-8-2-7-19(25)18(20)13-24/h1-2,4,6-8,10,12-13,16,25H,3,5,9,11,14H2. The Balaban J connectivity index is 1.64. The zero-order valence-corrected chi connectivity index (χ0v) is 14.8. The normalized spacial score (nSPS) is 16.6. The highest BCUT2D eigenvalue weighted by Crippen LogP contribution is 2.27. The maximum Gasteiger partial charge on any atom is 0.253 e. The summed E-state index contributed by atoms with van der Waals surface area (Å²) in [6, 6.07) is 11.4. The first kappa shape index (κ1) is 18.6. The number of nitrogens with zero attached hydrogens (tertiary/aromatic N) is 1. The number of carbonyl (C=O) groups excluding carboxylic acids is 3. The molecule has 3 rings (SSSR count). The number of ether oxygens (including phenoxy) is 1. The summed E-state index contributed by atoms with van der Waals surface area (Å²) in [5, 5.41) is 9.72. The van der Waals surface area contributed by atoms with Crippen molar-refractivity contribution in [3.05, 3.63) is 59.2 Å². The van der Waals surface area contributed by atoms with Crippen LogP contribution in [0.25, 0.3) is 0 Å². The molecule has 1 heterocycles. The van der Waals surface area contributed by atoms with E-state index in [-0.39, 0.29) is 23.1 Å². The van der Waals surface area contributed by atoms with Crippen LogP contribution in [0.3, 0.4) is 0 Å². The van der Waals surface area contributed by atoms with E-state index in [0.717, 1.165) is 19.1 Å². The Morgan fingerprint density at radius 1 is 1.19 bits per heavy atom. The van der Waals surface area contributed by atoms with Crippen molar-refractivity contribution in [2.24, 2.45) is 5.92 Å². The molecule has 1 aliphatic rings. The van der Waals surface area contributed by atoms with Crippen LogP contribution in [0, 0.1) is 5.92 Å². The van der Waals surface area contributed by atoms with Crippen LogP contribution in [-0.4, -0.2) is 48.2 Å². The second-order valence-electron chi connectivity index (χ2n) is 6.62. The van der Waals surface area contributed by atoms with E-state index >= 15 is 0 Å². The molecule has 0 bridgehead atoms. The molecule has 6 nitrogen and oxygen atoms in total. The molecule has 1 N–H and O–H groups in total. The molecule has 1 amide bonds. The predicted molar refractivity (Wildman–Crippen MR) is 99.4 cm³/mol. The molecule has 1 aliphatic heterocycles. The van der Waals surface area contributed by atoms with E-state index in [9.17, 15) is 19.5 Å². The molecule has 0 spiro atoms. The van der Waals surface area contributed by atoms with Gasteiger partial charge in [-0.2, -0.15) is 0 Å². The number of hydrogen-bond donors (Lipinski definition) is 1. The molecule has 0 radical (unpaired) electrons. The maximum atomic E-state index is 12.7. The molecular formula is C21H21NO5. The van der Waals surface area contributed by atoms with Crippen molar-refractivity contribution < 1.29 is 24.2 Å². The summed E-state index contributed by atoms with van der Waals surface area (Å²) < 4.78 is 5.74. The van der Waals surface area contributed by atoms with E-state index in [1.807, 2.05) is 0 Å². The maximum absolute atomic E-state index is 12.7. The Morgan fingerprint density at radius 3 is 2.78 bits per heavy atom. The van der Waals surface area contributed by atoms with E-state index in [4.69, 9.17) is 4.74 Å². The smallest absolute Gasteiger partial charge is 0.253 e. The third kappa shape index (κ3) is 4.34. The number of carbonyl (C=O) groups is 3. The monoisotopic (exact) mass is 367 g/mol. The Kier molecular flexibility index (Phi) is 5.86. The van der Waals surface area contributed by atoms with Gasteiger partial charge in [-0.3, -0.25) is 14.4 Å². The molecular weight excluding hydrogens is 346 g/mol. The predicted octanol–water partition coefficient (Wildman–Crippen LogP) is 2.95. The quantitative estimate of drug-likeness (QED) is 0.794. The van der Waals surface area contributed by atoms with E-state index in [1.165, 1.54) is 6.07 Å². The van der Waals surface area contributed by atoms with E-state index in [0.29, 0.717) is 42.9 Å². The minimum Gasteiger partial charge on any atom is -0.507 e. The van der Waals surface area contributed by atoms with Gasteiger partial charge in [-0.1, -0.05) is 18.2 Å². The van der Waals surface area contributed by atoms with Gasteiger partial charge in [-0.25, -0.2) is 0 Å². The molecule has 27 heavy (non-hydrogen) atoms. The Morgan fingerprint density at radius 2 is 2.00 bits per heavy atom. The lowest BCUT2D eigenvalue weighted by atomic mass is 9.98. The zero-order valence-electron chi connectivity index (χ0n) is 14.8. The highest BCUT2D eigenvalue weighted by atomic mass is 16.5. The van der Waals surface area contributed by atoms with Gasteiger partial charge in [-0.15, -0.1) is 0 Å². The number of benzene rings is 2. The van der Waals surface area contributed by atoms with E-state index < -0.39 is 0 Å². The summed E-state index contributed by atoms with van der Waals surface area (Å²) in [7, 11) is 0. The Bertz CT molecular complexity index is 848. The molecule has 2 aromatic carbocycles. The van der Waals surface area contributed by atoms with Gasteiger partial charge in [0.2, 0.25) is 0 Å². The van der Waals surface area contributed by atoms with Crippen LogP contribution in [0.1, 0.15) is 43.9 Å². The number of hydrogen-bond acceptors (Lipinski definition) is 5. The van der Waals surface area contributed by atoms with Crippen LogP contribution in [0.5, 0.6) is 11.5 Å². The van der Waals surface area contributed by atoms with Gasteiger partial charge in [0.15, 0.2) is 6.29 Å². The molecule has 2 aromatic rings. The van der Waals surface area contributed by atoms with E-state index in [1.54, 1.807) is 41.3 Å². The zero-order chi connectivity index (χ0) is 19.2. The lowest BCUT2D eigenvalue weighted by molar-refractivity contribution is 0.0633. The van der Waals surface area contributed by atoms with Gasteiger partial charge in [-0.05, 0) is 37.1 Å². The average Bonchev–Trinajstić information content (AvgIpc) is 2.72. The fourth-order valence-electron chi connectivity index (χ4n) is 3.30. The van der Waals surface area contributed by atoms with Gasteiger partial charge in [0.25, 0.3) is 5.91 Å². The third-order valence-corrected chi connectivity index (χ3v) is 4.71. The van der Waals surface area contributed by atoms with Crippen LogP contribution < -0.4 is 4.74 Å². The van der Waals surface area contributed by atoms with Crippen molar-refractivity contribution in [1.82, 2.24) is 4.90 Å². The van der Waals surface area contributed by atoms with Gasteiger partial charge in [0.05, 0.1) is 12.2 Å².